The quantitative estimate of drug-likeness (QED) is 0.614. The molecule has 0 saturated heterocycles. The molecule has 1 N–H and O–H groups in total. The third-order valence-electron chi connectivity index (χ3n) is 2.81. The van der Waals surface area contributed by atoms with Gasteiger partial charge in [-0.1, -0.05) is 30.2 Å². The molecule has 1 fully saturated rings. The van der Waals surface area contributed by atoms with Crippen LogP contribution in [-0.2, 0) is 11.4 Å². The van der Waals surface area contributed by atoms with E-state index in [1.54, 1.807) is 0 Å². The number of nitrogens with one attached hydrogen (secondary N) is 1. The van der Waals surface area contributed by atoms with Crippen molar-refractivity contribution in [1.82, 2.24) is 5.48 Å². The first-order valence-electron chi connectivity index (χ1n) is 5.44. The van der Waals surface area contributed by atoms with Gasteiger partial charge in [0.1, 0.15) is 0 Å². The van der Waals surface area contributed by atoms with Crippen LogP contribution in [0.15, 0.2) is 24.3 Å². The number of hydrogen-bond donors (Lipinski definition) is 1. The van der Waals surface area contributed by atoms with Crippen molar-refractivity contribution in [2.45, 2.75) is 25.8 Å². The number of hydrogen-bond acceptors (Lipinski definition) is 2. The third-order valence-corrected chi connectivity index (χ3v) is 3.05. The fourth-order valence-electron chi connectivity index (χ4n) is 1.62. The van der Waals surface area contributed by atoms with E-state index in [0.717, 1.165) is 23.1 Å². The fourth-order valence-corrected chi connectivity index (χ4v) is 1.83. The van der Waals surface area contributed by atoms with Gasteiger partial charge in [-0.3, -0.25) is 0 Å². The molecule has 1 aromatic rings. The van der Waals surface area contributed by atoms with Crippen LogP contribution in [0.3, 0.4) is 0 Å². The largest absolute Gasteiger partial charge is 0.301 e. The summed E-state index contributed by atoms with van der Waals surface area (Å²) in [6.07, 6.45) is 4.00. The molecule has 0 bridgehead atoms. The molecule has 0 aliphatic heterocycles. The van der Waals surface area contributed by atoms with Crippen LogP contribution in [0.25, 0.3) is 0 Å². The van der Waals surface area contributed by atoms with Crippen molar-refractivity contribution < 1.29 is 4.84 Å². The number of benzene rings is 1. The van der Waals surface area contributed by atoms with E-state index in [2.05, 4.69) is 5.48 Å². The maximum absolute atomic E-state index is 5.87. The molecule has 0 radical (unpaired) electrons. The normalized spacial score (nSPS) is 16.3. The van der Waals surface area contributed by atoms with Crippen molar-refractivity contribution in [3.8, 4) is 0 Å². The van der Waals surface area contributed by atoms with Gasteiger partial charge in [-0.05, 0) is 36.5 Å². The topological polar surface area (TPSA) is 21.3 Å². The van der Waals surface area contributed by atoms with Crippen molar-refractivity contribution in [1.29, 1.82) is 0 Å². The monoisotopic (exact) mass is 225 g/mol. The molecule has 0 atom stereocenters. The predicted molar refractivity (Wildman–Crippen MR) is 61.6 cm³/mol. The number of rotatable bonds is 5. The molecule has 0 aromatic heterocycles. The Morgan fingerprint density at radius 2 is 2.27 bits per heavy atom. The van der Waals surface area contributed by atoms with Gasteiger partial charge >= 0.3 is 0 Å². The molecule has 0 heterocycles. The predicted octanol–water partition coefficient (Wildman–Crippen LogP) is 3.16. The average molecular weight is 226 g/mol. The second-order valence-electron chi connectivity index (χ2n) is 4.06. The second-order valence-corrected chi connectivity index (χ2v) is 4.50. The Kier molecular flexibility index (Phi) is 4.01. The summed E-state index contributed by atoms with van der Waals surface area (Å²) >= 11 is 5.87. The maximum Gasteiger partial charge on any atom is 0.0710 e. The first-order chi connectivity index (χ1) is 7.34. The summed E-state index contributed by atoms with van der Waals surface area (Å²) in [6, 6.07) is 7.80. The van der Waals surface area contributed by atoms with Crippen molar-refractivity contribution in [2.75, 3.05) is 6.61 Å². The van der Waals surface area contributed by atoms with Crippen LogP contribution in [0, 0.1) is 5.92 Å². The highest BCUT2D eigenvalue weighted by molar-refractivity contribution is 6.30. The molecule has 1 aliphatic carbocycles. The van der Waals surface area contributed by atoms with Gasteiger partial charge in [0.15, 0.2) is 0 Å². The van der Waals surface area contributed by atoms with Gasteiger partial charge < -0.3 is 4.84 Å². The van der Waals surface area contributed by atoms with Gasteiger partial charge in [-0.25, -0.2) is 0 Å². The zero-order valence-electron chi connectivity index (χ0n) is 8.71. The molecule has 1 saturated carbocycles. The summed E-state index contributed by atoms with van der Waals surface area (Å²) in [5, 5.41) is 0.772. The minimum atomic E-state index is 0.716. The van der Waals surface area contributed by atoms with Crippen LogP contribution in [0.5, 0.6) is 0 Å². The summed E-state index contributed by atoms with van der Waals surface area (Å²) in [7, 11) is 0. The zero-order valence-corrected chi connectivity index (χ0v) is 9.46. The van der Waals surface area contributed by atoms with E-state index in [9.17, 15) is 0 Å². The lowest BCUT2D eigenvalue weighted by Gasteiger charge is -2.24. The van der Waals surface area contributed by atoms with E-state index < -0.39 is 0 Å². The van der Waals surface area contributed by atoms with Crippen molar-refractivity contribution in [3.63, 3.8) is 0 Å². The number of halogens is 1. The number of hydroxylamine groups is 1. The summed E-state index contributed by atoms with van der Waals surface area (Å²) in [5.74, 6) is 0.775. The molecule has 0 amide bonds. The van der Waals surface area contributed by atoms with E-state index in [4.69, 9.17) is 16.4 Å². The molecule has 15 heavy (non-hydrogen) atoms. The minimum Gasteiger partial charge on any atom is -0.301 e. The van der Waals surface area contributed by atoms with Crippen LogP contribution < -0.4 is 5.48 Å². The Morgan fingerprint density at radius 1 is 1.40 bits per heavy atom. The smallest absolute Gasteiger partial charge is 0.0710 e. The lowest BCUT2D eigenvalue weighted by molar-refractivity contribution is -0.00424. The maximum atomic E-state index is 5.87. The van der Waals surface area contributed by atoms with Crippen molar-refractivity contribution in [2.24, 2.45) is 5.92 Å². The van der Waals surface area contributed by atoms with Gasteiger partial charge in [0.25, 0.3) is 0 Å². The summed E-state index contributed by atoms with van der Waals surface area (Å²) in [5.41, 5.74) is 4.12. The van der Waals surface area contributed by atoms with Crippen LogP contribution in [-0.4, -0.2) is 6.61 Å². The summed E-state index contributed by atoms with van der Waals surface area (Å²) in [4.78, 5) is 5.39. The molecular weight excluding hydrogens is 210 g/mol. The molecule has 82 valence electrons. The van der Waals surface area contributed by atoms with Gasteiger partial charge in [0.2, 0.25) is 0 Å². The SMILES string of the molecule is Clc1cccc(CNOCC2CCC2)c1. The van der Waals surface area contributed by atoms with Gasteiger partial charge in [-0.15, -0.1) is 0 Å². The molecule has 1 aromatic carbocycles. The molecule has 2 nitrogen and oxygen atoms in total. The van der Waals surface area contributed by atoms with E-state index in [0.29, 0.717) is 6.54 Å². The van der Waals surface area contributed by atoms with Gasteiger partial charge in [0, 0.05) is 11.6 Å². The highest BCUT2D eigenvalue weighted by Gasteiger charge is 2.17. The third kappa shape index (κ3) is 3.49. The van der Waals surface area contributed by atoms with Crippen LogP contribution in [0.4, 0.5) is 0 Å². The Morgan fingerprint density at radius 3 is 2.93 bits per heavy atom. The summed E-state index contributed by atoms with van der Waals surface area (Å²) in [6.45, 7) is 1.55. The second kappa shape index (κ2) is 5.50. The van der Waals surface area contributed by atoms with E-state index in [-0.39, 0.29) is 0 Å². The van der Waals surface area contributed by atoms with Crippen LogP contribution in [0.2, 0.25) is 5.02 Å². The highest BCUT2D eigenvalue weighted by Crippen LogP contribution is 2.25. The average Bonchev–Trinajstić information content (AvgIpc) is 2.15. The first kappa shape index (κ1) is 10.9. The van der Waals surface area contributed by atoms with Crippen molar-refractivity contribution in [3.05, 3.63) is 34.9 Å². The lowest BCUT2D eigenvalue weighted by Crippen LogP contribution is -2.23. The lowest BCUT2D eigenvalue weighted by atomic mass is 9.86. The van der Waals surface area contributed by atoms with Gasteiger partial charge in [0.05, 0.1) is 6.61 Å². The van der Waals surface area contributed by atoms with Gasteiger partial charge in [-0.2, -0.15) is 5.48 Å². The molecule has 1 aliphatic rings. The Balaban J connectivity index is 1.64. The minimum absolute atomic E-state index is 0.716. The standard InChI is InChI=1S/C12H16ClNO/c13-12-6-2-5-11(7-12)8-14-15-9-10-3-1-4-10/h2,5-7,10,14H,1,3-4,8-9H2. The van der Waals surface area contributed by atoms with Crippen molar-refractivity contribution >= 4 is 11.6 Å². The zero-order chi connectivity index (χ0) is 10.5. The Hall–Kier alpha value is -0.570. The van der Waals surface area contributed by atoms with Crippen LogP contribution in [0.1, 0.15) is 24.8 Å². The van der Waals surface area contributed by atoms with E-state index in [1.807, 2.05) is 24.3 Å². The highest BCUT2D eigenvalue weighted by atomic mass is 35.5. The molecule has 2 rings (SSSR count). The molecule has 3 heteroatoms. The first-order valence-corrected chi connectivity index (χ1v) is 5.81. The Labute approximate surface area is 95.5 Å². The van der Waals surface area contributed by atoms with E-state index >= 15 is 0 Å². The molecule has 0 spiro atoms. The van der Waals surface area contributed by atoms with Crippen LogP contribution >= 0.6 is 11.6 Å². The molecular formula is C12H16ClNO. The van der Waals surface area contributed by atoms with E-state index in [1.165, 1.54) is 19.3 Å². The summed E-state index contributed by atoms with van der Waals surface area (Å²) < 4.78 is 0. The Bertz CT molecular complexity index is 312. The fraction of sp³-hybridized carbons (Fsp3) is 0.500. The molecule has 0 unspecified atom stereocenters.